The maximum absolute atomic E-state index is 13.3. The summed E-state index contributed by atoms with van der Waals surface area (Å²) in [5, 5.41) is 0.754. The summed E-state index contributed by atoms with van der Waals surface area (Å²) in [7, 11) is 3.99. The molecule has 1 fully saturated rings. The molecule has 3 atom stereocenters. The number of piperidine rings is 1. The van der Waals surface area contributed by atoms with E-state index in [1.165, 1.54) is 16.7 Å². The Morgan fingerprint density at radius 3 is 2.66 bits per heavy atom. The van der Waals surface area contributed by atoms with E-state index in [1.807, 2.05) is 24.2 Å². The minimum Gasteiger partial charge on any atom is -0.342 e. The Kier molecular flexibility index (Phi) is 7.35. The molecule has 2 aromatic rings. The lowest BCUT2D eigenvalue weighted by atomic mass is 9.74. The number of pyridine rings is 1. The van der Waals surface area contributed by atoms with Crippen molar-refractivity contribution >= 4 is 49.4 Å². The van der Waals surface area contributed by atoms with Crippen LogP contribution in [0.4, 0.5) is 0 Å². The summed E-state index contributed by atoms with van der Waals surface area (Å²) in [4.78, 5) is 22.4. The zero-order valence-electron chi connectivity index (χ0n) is 19.0. The number of carbonyl (C=O) groups excluding carboxylic acids is 1. The van der Waals surface area contributed by atoms with E-state index < -0.39 is 0 Å². The highest BCUT2D eigenvalue weighted by atomic mass is 79.9. The van der Waals surface area contributed by atoms with Gasteiger partial charge in [-0.05, 0) is 110 Å². The van der Waals surface area contributed by atoms with Gasteiger partial charge >= 0.3 is 0 Å². The predicted octanol–water partition coefficient (Wildman–Crippen LogP) is 6.07. The lowest BCUT2D eigenvalue weighted by Gasteiger charge is -2.41. The maximum atomic E-state index is 13.3. The smallest absolute Gasteiger partial charge is 0.239 e. The Morgan fingerprint density at radius 1 is 1.22 bits per heavy atom. The van der Waals surface area contributed by atoms with Gasteiger partial charge in [-0.25, -0.2) is 0 Å². The first-order chi connectivity index (χ1) is 15.2. The van der Waals surface area contributed by atoms with Crippen LogP contribution in [0.2, 0.25) is 5.02 Å². The second-order valence-electron chi connectivity index (χ2n) is 9.46. The largest absolute Gasteiger partial charge is 0.342 e. The van der Waals surface area contributed by atoms with Gasteiger partial charge in [0.25, 0.3) is 0 Å². The van der Waals surface area contributed by atoms with E-state index in [9.17, 15) is 4.79 Å². The number of fused-ring (bicyclic) bond motifs is 2. The molecule has 4 rings (SSSR count). The highest BCUT2D eigenvalue weighted by molar-refractivity contribution is 9.10. The molecule has 32 heavy (non-hydrogen) atoms. The SMILES string of the molecule is CC(C)N(C)C(=O)[C@H]1CC([C@@H]2c3ncc(Br)cc3CCc3cc(Cl)cc(Br)c32)CCN1C. The average molecular weight is 584 g/mol. The fourth-order valence-electron chi connectivity index (χ4n) is 5.22. The van der Waals surface area contributed by atoms with Crippen LogP contribution < -0.4 is 0 Å². The summed E-state index contributed by atoms with van der Waals surface area (Å²) in [5.74, 6) is 0.665. The highest BCUT2D eigenvalue weighted by Gasteiger charge is 2.40. The molecule has 1 aromatic carbocycles. The number of benzene rings is 1. The van der Waals surface area contributed by atoms with Gasteiger partial charge in [0.2, 0.25) is 5.91 Å². The molecule has 0 spiro atoms. The van der Waals surface area contributed by atoms with Gasteiger partial charge in [0.1, 0.15) is 0 Å². The van der Waals surface area contributed by atoms with Crippen molar-refractivity contribution in [2.75, 3.05) is 20.6 Å². The lowest BCUT2D eigenvalue weighted by molar-refractivity contribution is -0.138. The van der Waals surface area contributed by atoms with E-state index in [0.717, 1.165) is 51.9 Å². The second kappa shape index (κ2) is 9.73. The number of halogens is 3. The maximum Gasteiger partial charge on any atom is 0.239 e. The summed E-state index contributed by atoms with van der Waals surface area (Å²) in [6, 6.07) is 6.39. The van der Waals surface area contributed by atoms with Gasteiger partial charge in [-0.3, -0.25) is 14.7 Å². The molecule has 1 saturated heterocycles. The fraction of sp³-hybridized carbons (Fsp3) is 0.520. The molecule has 0 radical (unpaired) electrons. The van der Waals surface area contributed by atoms with Crippen molar-refractivity contribution in [3.8, 4) is 0 Å². The van der Waals surface area contributed by atoms with Crippen molar-refractivity contribution in [3.05, 3.63) is 60.7 Å². The van der Waals surface area contributed by atoms with Crippen molar-refractivity contribution in [2.45, 2.75) is 57.5 Å². The number of rotatable bonds is 3. The van der Waals surface area contributed by atoms with Crippen LogP contribution in [0.5, 0.6) is 0 Å². The highest BCUT2D eigenvalue weighted by Crippen LogP contribution is 2.47. The summed E-state index contributed by atoms with van der Waals surface area (Å²) >= 11 is 13.9. The standard InChI is InChI=1S/C25H30Br2ClN3O/c1-14(2)31(4)25(32)21-11-16(7-8-30(21)3)23-22-15(10-19(28)12-20(22)27)5-6-17-9-18(26)13-29-24(17)23/h9-10,12-14,16,21,23H,5-8,11H2,1-4H3/t16?,21-,23+/m1/s1. The second-order valence-corrected chi connectivity index (χ2v) is 11.7. The molecule has 172 valence electrons. The number of aromatic nitrogens is 1. The first-order valence-electron chi connectivity index (χ1n) is 11.3. The molecular formula is C25H30Br2ClN3O. The van der Waals surface area contributed by atoms with Crippen LogP contribution in [-0.4, -0.2) is 53.4 Å². The number of hydrogen-bond acceptors (Lipinski definition) is 3. The quantitative estimate of drug-likeness (QED) is 0.440. The van der Waals surface area contributed by atoms with Gasteiger partial charge in [-0.15, -0.1) is 0 Å². The van der Waals surface area contributed by atoms with Gasteiger partial charge in [0, 0.05) is 39.2 Å². The van der Waals surface area contributed by atoms with Gasteiger partial charge in [-0.1, -0.05) is 27.5 Å². The van der Waals surface area contributed by atoms with Gasteiger partial charge in [-0.2, -0.15) is 0 Å². The summed E-state index contributed by atoms with van der Waals surface area (Å²) < 4.78 is 2.05. The van der Waals surface area contributed by atoms with E-state index >= 15 is 0 Å². The third kappa shape index (κ3) is 4.66. The molecular weight excluding hydrogens is 554 g/mol. The van der Waals surface area contributed by atoms with Crippen molar-refractivity contribution in [2.24, 2.45) is 5.92 Å². The Labute approximate surface area is 213 Å². The molecule has 1 aliphatic carbocycles. The monoisotopic (exact) mass is 581 g/mol. The van der Waals surface area contributed by atoms with Gasteiger partial charge in [0.05, 0.1) is 11.7 Å². The Morgan fingerprint density at radius 2 is 1.94 bits per heavy atom. The Bertz CT molecular complexity index is 1030. The van der Waals surface area contributed by atoms with Crippen molar-refractivity contribution in [1.82, 2.24) is 14.8 Å². The third-order valence-corrected chi connectivity index (χ3v) is 8.51. The van der Waals surface area contributed by atoms with Crippen molar-refractivity contribution in [1.29, 1.82) is 0 Å². The first-order valence-corrected chi connectivity index (χ1v) is 13.2. The van der Waals surface area contributed by atoms with Crippen molar-refractivity contribution < 1.29 is 4.79 Å². The molecule has 7 heteroatoms. The minimum absolute atomic E-state index is 0.113. The lowest BCUT2D eigenvalue weighted by Crippen LogP contribution is -2.52. The number of amides is 1. The Balaban J connectivity index is 1.79. The van der Waals surface area contributed by atoms with E-state index in [-0.39, 0.29) is 23.9 Å². The molecule has 0 N–H and O–H groups in total. The summed E-state index contributed by atoms with van der Waals surface area (Å²) in [6.07, 6.45) is 5.62. The molecule has 1 aliphatic heterocycles. The zero-order chi connectivity index (χ0) is 23.2. The van der Waals surface area contributed by atoms with Crippen LogP contribution in [0, 0.1) is 5.92 Å². The number of likely N-dealkylation sites (N-methyl/N-ethyl adjacent to an activating group) is 2. The molecule has 1 aromatic heterocycles. The number of nitrogens with zero attached hydrogens (tertiary/aromatic N) is 3. The molecule has 1 amide bonds. The molecule has 0 saturated carbocycles. The average Bonchev–Trinajstić information content (AvgIpc) is 2.90. The van der Waals surface area contributed by atoms with Crippen LogP contribution in [-0.2, 0) is 17.6 Å². The molecule has 4 nitrogen and oxygen atoms in total. The number of carbonyl (C=O) groups is 1. The fourth-order valence-corrected chi connectivity index (χ4v) is 6.72. The van der Waals surface area contributed by atoms with Crippen LogP contribution >= 0.6 is 43.5 Å². The number of aryl methyl sites for hydroxylation is 2. The number of hydrogen-bond donors (Lipinski definition) is 0. The van der Waals surface area contributed by atoms with Crippen molar-refractivity contribution in [3.63, 3.8) is 0 Å². The van der Waals surface area contributed by atoms with E-state index in [2.05, 4.69) is 69.8 Å². The first kappa shape index (κ1) is 24.2. The van der Waals surface area contributed by atoms with E-state index in [0.29, 0.717) is 5.92 Å². The minimum atomic E-state index is -0.113. The van der Waals surface area contributed by atoms with Crippen LogP contribution in [0.3, 0.4) is 0 Å². The molecule has 1 unspecified atom stereocenters. The predicted molar refractivity (Wildman–Crippen MR) is 137 cm³/mol. The number of likely N-dealkylation sites (tertiary alicyclic amines) is 1. The normalized spacial score (nSPS) is 23.4. The molecule has 2 aliphatic rings. The van der Waals surface area contributed by atoms with E-state index in [4.69, 9.17) is 16.6 Å². The Hall–Kier alpha value is -0.950. The van der Waals surface area contributed by atoms with Crippen LogP contribution in [0.15, 0.2) is 33.3 Å². The van der Waals surface area contributed by atoms with Crippen LogP contribution in [0.1, 0.15) is 55.0 Å². The summed E-state index contributed by atoms with van der Waals surface area (Å²) in [6.45, 7) is 5.03. The molecule has 0 bridgehead atoms. The van der Waals surface area contributed by atoms with Gasteiger partial charge < -0.3 is 4.90 Å². The van der Waals surface area contributed by atoms with Gasteiger partial charge in [0.15, 0.2) is 0 Å². The van der Waals surface area contributed by atoms with Crippen LogP contribution in [0.25, 0.3) is 0 Å². The zero-order valence-corrected chi connectivity index (χ0v) is 23.0. The summed E-state index contributed by atoms with van der Waals surface area (Å²) in [5.41, 5.74) is 5.00. The third-order valence-electron chi connectivity index (χ3n) is 7.21. The topological polar surface area (TPSA) is 36.4 Å². The molecule has 2 heterocycles. The van der Waals surface area contributed by atoms with E-state index in [1.54, 1.807) is 0 Å².